The number of alkyl halides is 3. The fraction of sp³-hybridized carbons (Fsp3) is 0.231. The first-order chi connectivity index (χ1) is 9.29. The van der Waals surface area contributed by atoms with Gasteiger partial charge in [0.2, 0.25) is 0 Å². The lowest BCUT2D eigenvalue weighted by Gasteiger charge is -2.10. The third kappa shape index (κ3) is 2.81. The lowest BCUT2D eigenvalue weighted by Crippen LogP contribution is -2.21. The molecule has 1 N–H and O–H groups in total. The van der Waals surface area contributed by atoms with Gasteiger partial charge in [0.25, 0.3) is 5.91 Å². The Balaban J connectivity index is 2.37. The van der Waals surface area contributed by atoms with Crippen LogP contribution in [0.5, 0.6) is 0 Å². The molecule has 0 aliphatic carbocycles. The van der Waals surface area contributed by atoms with Gasteiger partial charge in [-0.3, -0.25) is 9.89 Å². The molecule has 1 amide bonds. The van der Waals surface area contributed by atoms with Crippen LogP contribution in [-0.2, 0) is 6.18 Å². The van der Waals surface area contributed by atoms with E-state index in [1.807, 2.05) is 0 Å². The maximum atomic E-state index is 12.5. The molecule has 0 saturated carbocycles. The van der Waals surface area contributed by atoms with E-state index in [1.54, 1.807) is 32.3 Å². The van der Waals surface area contributed by atoms with Gasteiger partial charge in [0, 0.05) is 25.2 Å². The van der Waals surface area contributed by atoms with Crippen molar-refractivity contribution in [2.45, 2.75) is 6.18 Å². The molecule has 2 rings (SSSR count). The number of carbonyl (C=O) groups is 1. The van der Waals surface area contributed by atoms with E-state index in [1.165, 1.54) is 11.0 Å². The number of hydrogen-bond acceptors (Lipinski definition) is 2. The zero-order valence-electron chi connectivity index (χ0n) is 10.8. The minimum atomic E-state index is -4.49. The van der Waals surface area contributed by atoms with Gasteiger partial charge in [-0.15, -0.1) is 0 Å². The summed E-state index contributed by atoms with van der Waals surface area (Å²) in [6.07, 6.45) is -4.49. The van der Waals surface area contributed by atoms with Gasteiger partial charge in [-0.05, 0) is 18.2 Å². The molecule has 0 fully saturated rings. The summed E-state index contributed by atoms with van der Waals surface area (Å²) < 4.78 is 37.5. The van der Waals surface area contributed by atoms with Gasteiger partial charge in [0.1, 0.15) is 0 Å². The van der Waals surface area contributed by atoms with E-state index in [4.69, 9.17) is 0 Å². The molecule has 0 atom stereocenters. The zero-order chi connectivity index (χ0) is 14.9. The first-order valence-electron chi connectivity index (χ1n) is 5.74. The maximum Gasteiger partial charge on any atom is 0.435 e. The Hall–Kier alpha value is -2.31. The summed E-state index contributed by atoms with van der Waals surface area (Å²) in [4.78, 5) is 13.2. The molecular weight excluding hydrogens is 271 g/mol. The molecule has 1 aromatic heterocycles. The number of halogens is 3. The predicted molar refractivity (Wildman–Crippen MR) is 67.0 cm³/mol. The summed E-state index contributed by atoms with van der Waals surface area (Å²) in [5.41, 5.74) is 0.0962. The van der Waals surface area contributed by atoms with Gasteiger partial charge in [-0.1, -0.05) is 12.1 Å². The van der Waals surface area contributed by atoms with Crippen molar-refractivity contribution < 1.29 is 18.0 Å². The first-order valence-corrected chi connectivity index (χ1v) is 5.74. The van der Waals surface area contributed by atoms with Gasteiger partial charge < -0.3 is 4.90 Å². The number of aromatic nitrogens is 2. The summed E-state index contributed by atoms with van der Waals surface area (Å²) in [5, 5.41) is 5.56. The van der Waals surface area contributed by atoms with Crippen LogP contribution in [0.25, 0.3) is 11.3 Å². The van der Waals surface area contributed by atoms with E-state index in [-0.39, 0.29) is 11.6 Å². The number of hydrogen-bond donors (Lipinski definition) is 1. The Morgan fingerprint density at radius 3 is 2.50 bits per heavy atom. The highest BCUT2D eigenvalue weighted by molar-refractivity contribution is 5.95. The van der Waals surface area contributed by atoms with Crippen LogP contribution in [0.1, 0.15) is 16.1 Å². The molecule has 0 saturated heterocycles. The van der Waals surface area contributed by atoms with Gasteiger partial charge in [0.05, 0.1) is 5.69 Å². The van der Waals surface area contributed by atoms with Crippen molar-refractivity contribution >= 4 is 5.91 Å². The molecule has 2 aromatic rings. The van der Waals surface area contributed by atoms with Crippen molar-refractivity contribution in [3.63, 3.8) is 0 Å². The molecule has 0 radical (unpaired) electrons. The van der Waals surface area contributed by atoms with Crippen LogP contribution in [0.15, 0.2) is 30.3 Å². The normalized spacial score (nSPS) is 11.4. The monoisotopic (exact) mass is 283 g/mol. The average Bonchev–Trinajstić information content (AvgIpc) is 2.87. The molecule has 1 heterocycles. The van der Waals surface area contributed by atoms with Gasteiger partial charge in [-0.2, -0.15) is 18.3 Å². The first kappa shape index (κ1) is 14.1. The quantitative estimate of drug-likeness (QED) is 0.921. The minimum Gasteiger partial charge on any atom is -0.345 e. The van der Waals surface area contributed by atoms with E-state index < -0.39 is 11.9 Å². The van der Waals surface area contributed by atoms with Crippen LogP contribution in [0.2, 0.25) is 0 Å². The second-order valence-corrected chi connectivity index (χ2v) is 4.45. The minimum absolute atomic E-state index is 0.214. The lowest BCUT2D eigenvalue weighted by molar-refractivity contribution is -0.141. The smallest absolute Gasteiger partial charge is 0.345 e. The molecule has 20 heavy (non-hydrogen) atoms. The number of benzene rings is 1. The van der Waals surface area contributed by atoms with Gasteiger partial charge >= 0.3 is 6.18 Å². The standard InChI is InChI=1S/C13H12F3N3O/c1-19(2)12(20)9-5-3-4-8(6-9)10-7-11(18-17-10)13(14,15)16/h3-7H,1-2H3,(H,17,18). The number of carbonyl (C=O) groups excluding carboxylic acids is 1. The van der Waals surface area contributed by atoms with E-state index in [9.17, 15) is 18.0 Å². The van der Waals surface area contributed by atoms with Crippen LogP contribution in [0.4, 0.5) is 13.2 Å². The molecule has 0 bridgehead atoms. The Bertz CT molecular complexity index is 632. The largest absolute Gasteiger partial charge is 0.435 e. The Morgan fingerprint density at radius 1 is 1.25 bits per heavy atom. The fourth-order valence-electron chi connectivity index (χ4n) is 1.69. The van der Waals surface area contributed by atoms with Gasteiger partial charge in [0.15, 0.2) is 5.69 Å². The van der Waals surface area contributed by atoms with Crippen LogP contribution in [0, 0.1) is 0 Å². The highest BCUT2D eigenvalue weighted by atomic mass is 19.4. The summed E-state index contributed by atoms with van der Waals surface area (Å²) in [6, 6.07) is 7.27. The number of nitrogens with one attached hydrogen (secondary N) is 1. The van der Waals surface area contributed by atoms with Crippen LogP contribution >= 0.6 is 0 Å². The topological polar surface area (TPSA) is 49.0 Å². The Labute approximate surface area is 113 Å². The van der Waals surface area contributed by atoms with Crippen molar-refractivity contribution in [2.75, 3.05) is 14.1 Å². The molecular formula is C13H12F3N3O. The fourth-order valence-corrected chi connectivity index (χ4v) is 1.69. The summed E-state index contributed by atoms with van der Waals surface area (Å²) in [7, 11) is 3.21. The number of aromatic amines is 1. The van der Waals surface area contributed by atoms with Crippen LogP contribution in [-0.4, -0.2) is 35.1 Å². The van der Waals surface area contributed by atoms with Crippen molar-refractivity contribution in [1.82, 2.24) is 15.1 Å². The number of H-pyrrole nitrogens is 1. The maximum absolute atomic E-state index is 12.5. The van der Waals surface area contributed by atoms with Crippen molar-refractivity contribution in [2.24, 2.45) is 0 Å². The Kier molecular flexibility index (Phi) is 3.52. The molecule has 0 aliphatic rings. The third-order valence-electron chi connectivity index (χ3n) is 2.70. The molecule has 106 valence electrons. The number of rotatable bonds is 2. The molecule has 0 aliphatic heterocycles. The lowest BCUT2D eigenvalue weighted by atomic mass is 10.1. The SMILES string of the molecule is CN(C)C(=O)c1cccc(-c2cc(C(F)(F)F)n[nH]2)c1. The second kappa shape index (κ2) is 4.99. The molecule has 7 heteroatoms. The number of nitrogens with zero attached hydrogens (tertiary/aromatic N) is 2. The zero-order valence-corrected chi connectivity index (χ0v) is 10.8. The van der Waals surface area contributed by atoms with Crippen LogP contribution < -0.4 is 0 Å². The van der Waals surface area contributed by atoms with E-state index in [0.717, 1.165) is 6.07 Å². The van der Waals surface area contributed by atoms with E-state index in [0.29, 0.717) is 11.1 Å². The predicted octanol–water partition coefficient (Wildman–Crippen LogP) is 2.80. The third-order valence-corrected chi connectivity index (χ3v) is 2.70. The average molecular weight is 283 g/mol. The van der Waals surface area contributed by atoms with Crippen molar-refractivity contribution in [3.05, 3.63) is 41.6 Å². The second-order valence-electron chi connectivity index (χ2n) is 4.45. The van der Waals surface area contributed by atoms with Gasteiger partial charge in [-0.25, -0.2) is 0 Å². The number of amides is 1. The molecule has 4 nitrogen and oxygen atoms in total. The van der Waals surface area contributed by atoms with Crippen LogP contribution in [0.3, 0.4) is 0 Å². The summed E-state index contributed by atoms with van der Waals surface area (Å²) in [6.45, 7) is 0. The molecule has 0 unspecified atom stereocenters. The highest BCUT2D eigenvalue weighted by Crippen LogP contribution is 2.30. The van der Waals surface area contributed by atoms with Crippen molar-refractivity contribution in [1.29, 1.82) is 0 Å². The van der Waals surface area contributed by atoms with E-state index >= 15 is 0 Å². The molecule has 0 spiro atoms. The van der Waals surface area contributed by atoms with E-state index in [2.05, 4.69) is 10.2 Å². The summed E-state index contributed by atoms with van der Waals surface area (Å²) in [5.74, 6) is -0.220. The van der Waals surface area contributed by atoms with Crippen molar-refractivity contribution in [3.8, 4) is 11.3 Å². The Morgan fingerprint density at radius 2 is 1.95 bits per heavy atom. The highest BCUT2D eigenvalue weighted by Gasteiger charge is 2.33. The molecule has 1 aromatic carbocycles. The summed E-state index contributed by atoms with van der Waals surface area (Å²) >= 11 is 0.